The SMILES string of the molecule is C=C.C=CC(=C)CN(C)C=NC(/C=C\CC)=C/C.CC.CC.CC. The molecule has 0 bridgehead atoms. The Kier molecular flexibility index (Phi) is 52.6. The second kappa shape index (κ2) is 37.4. The molecule has 2 nitrogen and oxygen atoms in total. The van der Waals surface area contributed by atoms with Gasteiger partial charge in [-0.15, -0.1) is 13.2 Å². The van der Waals surface area contributed by atoms with Crippen LogP contribution in [0.15, 0.2) is 66.9 Å². The van der Waals surface area contributed by atoms with Crippen molar-refractivity contribution in [2.24, 2.45) is 4.99 Å². The minimum Gasteiger partial charge on any atom is -0.361 e. The summed E-state index contributed by atoms with van der Waals surface area (Å²) < 4.78 is 0. The molecule has 0 atom stereocenters. The van der Waals surface area contributed by atoms with E-state index in [2.05, 4.69) is 44.3 Å². The lowest BCUT2D eigenvalue weighted by molar-refractivity contribution is 0.571. The van der Waals surface area contributed by atoms with E-state index in [0.29, 0.717) is 0 Å². The minimum absolute atomic E-state index is 0.751. The van der Waals surface area contributed by atoms with Crippen molar-refractivity contribution in [1.82, 2.24) is 4.90 Å². The molecule has 0 fully saturated rings. The van der Waals surface area contributed by atoms with Crippen LogP contribution in [-0.4, -0.2) is 24.8 Å². The van der Waals surface area contributed by atoms with Gasteiger partial charge in [0.05, 0.1) is 12.0 Å². The molecule has 0 rings (SSSR count). The molecular formula is C22H44N2. The molecule has 0 amide bonds. The van der Waals surface area contributed by atoms with Crippen LogP contribution in [0.4, 0.5) is 0 Å². The summed E-state index contributed by atoms with van der Waals surface area (Å²) in [5.74, 6) is 0. The van der Waals surface area contributed by atoms with Crippen molar-refractivity contribution in [2.45, 2.75) is 61.8 Å². The van der Waals surface area contributed by atoms with Crippen LogP contribution >= 0.6 is 0 Å². The van der Waals surface area contributed by atoms with E-state index in [1.807, 2.05) is 78.9 Å². The van der Waals surface area contributed by atoms with Crippen LogP contribution in [0.2, 0.25) is 0 Å². The van der Waals surface area contributed by atoms with E-state index in [-0.39, 0.29) is 0 Å². The third-order valence-corrected chi connectivity index (χ3v) is 1.97. The summed E-state index contributed by atoms with van der Waals surface area (Å²) in [5.41, 5.74) is 1.96. The Bertz CT molecular complexity index is 323. The van der Waals surface area contributed by atoms with Crippen molar-refractivity contribution in [3.63, 3.8) is 0 Å². The van der Waals surface area contributed by atoms with Gasteiger partial charge < -0.3 is 4.90 Å². The predicted octanol–water partition coefficient (Wildman–Crippen LogP) is 7.44. The molecule has 0 heterocycles. The summed E-state index contributed by atoms with van der Waals surface area (Å²) in [5, 5.41) is 0. The van der Waals surface area contributed by atoms with E-state index in [0.717, 1.165) is 24.2 Å². The number of allylic oxidation sites excluding steroid dienone is 3. The normalized spacial score (nSPS) is 9.12. The zero-order valence-electron chi connectivity index (χ0n) is 18.0. The predicted molar refractivity (Wildman–Crippen MR) is 119 cm³/mol. The van der Waals surface area contributed by atoms with Crippen LogP contribution in [0.5, 0.6) is 0 Å². The summed E-state index contributed by atoms with van der Waals surface area (Å²) in [6, 6.07) is 0. The van der Waals surface area contributed by atoms with Crippen LogP contribution < -0.4 is 0 Å². The molecule has 0 spiro atoms. The van der Waals surface area contributed by atoms with Crippen LogP contribution in [0.3, 0.4) is 0 Å². The van der Waals surface area contributed by atoms with Gasteiger partial charge in [0, 0.05) is 13.6 Å². The first-order valence-corrected chi connectivity index (χ1v) is 9.01. The van der Waals surface area contributed by atoms with Crippen LogP contribution in [0.1, 0.15) is 61.8 Å². The maximum atomic E-state index is 4.37. The second-order valence-corrected chi connectivity index (χ2v) is 3.55. The third kappa shape index (κ3) is 32.2. The maximum absolute atomic E-state index is 4.37. The molecule has 0 aromatic carbocycles. The molecular weight excluding hydrogens is 292 g/mol. The fraction of sp³-hybridized carbons (Fsp3) is 0.500. The first-order valence-electron chi connectivity index (χ1n) is 9.01. The molecule has 0 aromatic rings. The first-order chi connectivity index (χ1) is 11.6. The quantitative estimate of drug-likeness (QED) is 0.204. The van der Waals surface area contributed by atoms with Crippen molar-refractivity contribution in [3.8, 4) is 0 Å². The molecule has 0 aromatic heterocycles. The van der Waals surface area contributed by atoms with E-state index < -0.39 is 0 Å². The number of hydrogen-bond donors (Lipinski definition) is 0. The summed E-state index contributed by atoms with van der Waals surface area (Å²) >= 11 is 0. The average Bonchev–Trinajstić information content (AvgIpc) is 2.68. The monoisotopic (exact) mass is 336 g/mol. The number of nitrogens with zero attached hydrogens (tertiary/aromatic N) is 2. The molecule has 0 radical (unpaired) electrons. The van der Waals surface area contributed by atoms with Gasteiger partial charge in [-0.2, -0.15) is 0 Å². The summed E-state index contributed by atoms with van der Waals surface area (Å²) in [7, 11) is 1.97. The molecule has 142 valence electrons. The lowest BCUT2D eigenvalue weighted by Gasteiger charge is -2.12. The first kappa shape index (κ1) is 33.7. The highest BCUT2D eigenvalue weighted by Crippen LogP contribution is 2.00. The molecule has 0 saturated carbocycles. The Morgan fingerprint density at radius 2 is 1.50 bits per heavy atom. The zero-order chi connectivity index (χ0) is 20.4. The smallest absolute Gasteiger partial charge is 0.0912 e. The Labute approximate surface area is 154 Å². The van der Waals surface area contributed by atoms with E-state index in [4.69, 9.17) is 0 Å². The molecule has 0 unspecified atom stereocenters. The van der Waals surface area contributed by atoms with Gasteiger partial charge in [-0.1, -0.05) is 79.9 Å². The van der Waals surface area contributed by atoms with Gasteiger partial charge >= 0.3 is 0 Å². The molecule has 0 aliphatic carbocycles. The zero-order valence-corrected chi connectivity index (χ0v) is 18.0. The Balaban J connectivity index is -0.000000130. The number of hydrogen-bond acceptors (Lipinski definition) is 1. The highest BCUT2D eigenvalue weighted by atomic mass is 15.1. The maximum Gasteiger partial charge on any atom is 0.0912 e. The lowest BCUT2D eigenvalue weighted by atomic mass is 10.3. The molecule has 2 heteroatoms. The van der Waals surface area contributed by atoms with Gasteiger partial charge in [-0.05, 0) is 25.0 Å². The lowest BCUT2D eigenvalue weighted by Crippen LogP contribution is -2.18. The van der Waals surface area contributed by atoms with Gasteiger partial charge in [-0.3, -0.25) is 0 Å². The standard InChI is InChI=1S/C14H22N2.3C2H6.C2H4/c1-6-9-10-14(8-3)15-12-16(5)11-13(4)7-2;4*1-2/h7-10,12H,2,4,6,11H2,1,3,5H3;3*1-2H3;1-2H2/b10-9-,14-8+,15-12?;;;;. The van der Waals surface area contributed by atoms with Crippen molar-refractivity contribution in [2.75, 3.05) is 13.6 Å². The highest BCUT2D eigenvalue weighted by molar-refractivity contribution is 5.57. The van der Waals surface area contributed by atoms with Gasteiger partial charge in [-0.25, -0.2) is 4.99 Å². The topological polar surface area (TPSA) is 15.6 Å². The Hall–Kier alpha value is -1.83. The van der Waals surface area contributed by atoms with E-state index in [9.17, 15) is 0 Å². The van der Waals surface area contributed by atoms with Gasteiger partial charge in [0.2, 0.25) is 0 Å². The Morgan fingerprint density at radius 1 is 1.04 bits per heavy atom. The van der Waals surface area contributed by atoms with Crippen LogP contribution in [0.25, 0.3) is 0 Å². The number of aliphatic imine (C=N–C) groups is 1. The van der Waals surface area contributed by atoms with E-state index >= 15 is 0 Å². The van der Waals surface area contributed by atoms with E-state index in [1.165, 1.54) is 0 Å². The van der Waals surface area contributed by atoms with Gasteiger partial charge in [0.25, 0.3) is 0 Å². The molecule has 0 aliphatic heterocycles. The summed E-state index contributed by atoms with van der Waals surface area (Å²) in [4.78, 5) is 6.35. The molecule has 0 aliphatic rings. The van der Waals surface area contributed by atoms with Gasteiger partial charge in [0.15, 0.2) is 0 Å². The average molecular weight is 337 g/mol. The highest BCUT2D eigenvalue weighted by Gasteiger charge is 1.93. The van der Waals surface area contributed by atoms with Crippen molar-refractivity contribution >= 4 is 6.34 Å². The van der Waals surface area contributed by atoms with Crippen LogP contribution in [-0.2, 0) is 0 Å². The third-order valence-electron chi connectivity index (χ3n) is 1.97. The number of likely N-dealkylation sites (N-methyl/N-ethyl adjacent to an activating group) is 1. The Morgan fingerprint density at radius 3 is 1.83 bits per heavy atom. The fourth-order valence-corrected chi connectivity index (χ4v) is 1.04. The summed E-state index contributed by atoms with van der Waals surface area (Å²) in [6.45, 7) is 30.4. The number of rotatable bonds is 7. The van der Waals surface area contributed by atoms with E-state index in [1.54, 1.807) is 6.08 Å². The fourth-order valence-electron chi connectivity index (χ4n) is 1.04. The van der Waals surface area contributed by atoms with Crippen molar-refractivity contribution < 1.29 is 0 Å². The molecule has 0 N–H and O–H groups in total. The molecule has 0 saturated heterocycles. The van der Waals surface area contributed by atoms with Crippen molar-refractivity contribution in [3.05, 3.63) is 61.9 Å². The summed E-state index contributed by atoms with van der Waals surface area (Å²) in [6.07, 6.45) is 10.7. The largest absolute Gasteiger partial charge is 0.361 e. The van der Waals surface area contributed by atoms with Gasteiger partial charge in [0.1, 0.15) is 0 Å². The van der Waals surface area contributed by atoms with Crippen LogP contribution in [0, 0.1) is 0 Å². The molecule has 24 heavy (non-hydrogen) atoms. The minimum atomic E-state index is 0.751. The van der Waals surface area contributed by atoms with Crippen molar-refractivity contribution in [1.29, 1.82) is 0 Å². The second-order valence-electron chi connectivity index (χ2n) is 3.55.